The van der Waals surface area contributed by atoms with Gasteiger partial charge in [-0.15, -0.1) is 35.3 Å². The van der Waals surface area contributed by atoms with Gasteiger partial charge < -0.3 is 21.3 Å². The first kappa shape index (κ1) is 25.3. The number of hydrogen-bond donors (Lipinski definition) is 3. The zero-order valence-corrected chi connectivity index (χ0v) is 21.5. The van der Waals surface area contributed by atoms with E-state index in [0.717, 1.165) is 66.9 Å². The molecular formula is C21H32IN7OS. The number of aliphatic imine (C=N–C) groups is 1. The van der Waals surface area contributed by atoms with Crippen LogP contribution in [0.5, 0.6) is 0 Å². The molecule has 170 valence electrons. The molecule has 1 saturated heterocycles. The number of rotatable bonds is 7. The topological polar surface area (TPSA) is 109 Å². The molecule has 10 heteroatoms. The van der Waals surface area contributed by atoms with Gasteiger partial charge in [0.05, 0.1) is 10.7 Å². The van der Waals surface area contributed by atoms with Gasteiger partial charge in [0.15, 0.2) is 5.96 Å². The smallest absolute Gasteiger partial charge is 0.220 e. The molecule has 0 radical (unpaired) electrons. The van der Waals surface area contributed by atoms with Crippen LogP contribution in [-0.4, -0.2) is 48.5 Å². The summed E-state index contributed by atoms with van der Waals surface area (Å²) in [7, 11) is 1.77. The highest BCUT2D eigenvalue weighted by Gasteiger charge is 2.24. The molecule has 1 aliphatic rings. The average molecular weight is 558 g/mol. The lowest BCUT2D eigenvalue weighted by Crippen LogP contribution is -2.40. The van der Waals surface area contributed by atoms with Crippen molar-refractivity contribution in [1.82, 2.24) is 20.6 Å². The number of aryl methyl sites for hydroxylation is 2. The third kappa shape index (κ3) is 7.03. The monoisotopic (exact) mass is 557 g/mol. The Kier molecular flexibility index (Phi) is 9.94. The lowest BCUT2D eigenvalue weighted by Gasteiger charge is -2.32. The molecule has 4 N–H and O–H groups in total. The number of pyridine rings is 1. The summed E-state index contributed by atoms with van der Waals surface area (Å²) in [6.45, 7) is 7.12. The first-order valence-corrected chi connectivity index (χ1v) is 11.1. The number of piperidine rings is 1. The van der Waals surface area contributed by atoms with Crippen molar-refractivity contribution in [2.45, 2.75) is 39.7 Å². The predicted molar refractivity (Wildman–Crippen MR) is 137 cm³/mol. The minimum Gasteiger partial charge on any atom is -0.369 e. The fourth-order valence-electron chi connectivity index (χ4n) is 3.56. The van der Waals surface area contributed by atoms with Crippen LogP contribution in [0.1, 0.15) is 34.0 Å². The highest BCUT2D eigenvalue weighted by molar-refractivity contribution is 14.0. The van der Waals surface area contributed by atoms with E-state index in [-0.39, 0.29) is 35.8 Å². The van der Waals surface area contributed by atoms with Gasteiger partial charge in [-0.1, -0.05) is 6.07 Å². The maximum Gasteiger partial charge on any atom is 0.220 e. The quantitative estimate of drug-likeness (QED) is 0.274. The molecule has 1 amide bonds. The number of halogens is 1. The lowest BCUT2D eigenvalue weighted by atomic mass is 9.96. The lowest BCUT2D eigenvalue weighted by molar-refractivity contribution is -0.122. The number of amides is 1. The van der Waals surface area contributed by atoms with Gasteiger partial charge in [-0.05, 0) is 32.8 Å². The Balaban J connectivity index is 0.00000341. The van der Waals surface area contributed by atoms with E-state index in [1.165, 1.54) is 4.88 Å². The van der Waals surface area contributed by atoms with Crippen molar-refractivity contribution in [2.24, 2.45) is 16.6 Å². The first-order valence-electron chi connectivity index (χ1n) is 10.3. The summed E-state index contributed by atoms with van der Waals surface area (Å²) in [4.78, 5) is 28.4. The van der Waals surface area contributed by atoms with E-state index in [2.05, 4.69) is 43.5 Å². The molecule has 0 aromatic carbocycles. The molecule has 0 aliphatic carbocycles. The Morgan fingerprint density at radius 3 is 2.68 bits per heavy atom. The number of aromatic nitrogens is 2. The van der Waals surface area contributed by atoms with Crippen molar-refractivity contribution in [3.8, 4) is 0 Å². The highest BCUT2D eigenvalue weighted by Crippen LogP contribution is 2.24. The minimum atomic E-state index is -0.199. The molecule has 0 saturated carbocycles. The Hall–Kier alpha value is -1.95. The summed E-state index contributed by atoms with van der Waals surface area (Å²) < 4.78 is 0. The van der Waals surface area contributed by atoms with E-state index in [9.17, 15) is 4.79 Å². The molecule has 2 aromatic heterocycles. The van der Waals surface area contributed by atoms with E-state index in [0.29, 0.717) is 6.54 Å². The van der Waals surface area contributed by atoms with Crippen LogP contribution in [-0.2, 0) is 17.8 Å². The Bertz CT molecular complexity index is 874. The van der Waals surface area contributed by atoms with Crippen molar-refractivity contribution >= 4 is 53.0 Å². The number of hydrogen-bond acceptors (Lipinski definition) is 6. The highest BCUT2D eigenvalue weighted by atomic mass is 127. The first-order chi connectivity index (χ1) is 14.5. The van der Waals surface area contributed by atoms with E-state index >= 15 is 0 Å². The zero-order valence-electron chi connectivity index (χ0n) is 18.4. The van der Waals surface area contributed by atoms with Crippen LogP contribution in [0.2, 0.25) is 0 Å². The van der Waals surface area contributed by atoms with Crippen LogP contribution in [0.25, 0.3) is 0 Å². The number of guanidine groups is 1. The van der Waals surface area contributed by atoms with Gasteiger partial charge in [0, 0.05) is 62.2 Å². The number of nitrogens with one attached hydrogen (secondary N) is 2. The molecule has 0 spiro atoms. The van der Waals surface area contributed by atoms with Gasteiger partial charge in [-0.25, -0.2) is 9.97 Å². The molecule has 0 atom stereocenters. The second-order valence-corrected chi connectivity index (χ2v) is 8.79. The number of carbonyl (C=O) groups is 1. The van der Waals surface area contributed by atoms with Crippen molar-refractivity contribution in [3.05, 3.63) is 39.5 Å². The minimum absolute atomic E-state index is 0. The normalized spacial score (nSPS) is 14.8. The van der Waals surface area contributed by atoms with Crippen LogP contribution in [0.4, 0.5) is 5.82 Å². The Labute approximate surface area is 205 Å². The third-order valence-electron chi connectivity index (χ3n) is 5.44. The second-order valence-electron chi connectivity index (χ2n) is 7.50. The molecule has 31 heavy (non-hydrogen) atoms. The van der Waals surface area contributed by atoms with Crippen LogP contribution >= 0.6 is 35.3 Å². The Morgan fingerprint density at radius 2 is 2.06 bits per heavy atom. The maximum absolute atomic E-state index is 11.4. The largest absolute Gasteiger partial charge is 0.369 e. The van der Waals surface area contributed by atoms with Crippen LogP contribution in [0, 0.1) is 19.8 Å². The van der Waals surface area contributed by atoms with Crippen LogP contribution < -0.4 is 21.3 Å². The molecule has 1 fully saturated rings. The molecular weight excluding hydrogens is 525 g/mol. The molecule has 2 aromatic rings. The van der Waals surface area contributed by atoms with Crippen molar-refractivity contribution in [2.75, 3.05) is 31.6 Å². The van der Waals surface area contributed by atoms with Gasteiger partial charge >= 0.3 is 0 Å². The predicted octanol–water partition coefficient (Wildman–Crippen LogP) is 2.38. The van der Waals surface area contributed by atoms with Crippen molar-refractivity contribution in [1.29, 1.82) is 0 Å². The summed E-state index contributed by atoms with van der Waals surface area (Å²) in [6.07, 6.45) is 4.23. The molecule has 1 aliphatic heterocycles. The standard InChI is InChI=1S/C21H31N7OS.HI/c1-14-15(2)30-18(27-14)6-10-25-21(23-3)26-13-17-5-4-9-24-20(17)28-11-7-16(8-12-28)19(22)29;/h4-5,9,16H,6-8,10-13H2,1-3H3,(H2,22,29)(H2,23,25,26);1H. The number of anilines is 1. The van der Waals surface area contributed by atoms with Gasteiger partial charge in [0.2, 0.25) is 5.91 Å². The summed E-state index contributed by atoms with van der Waals surface area (Å²) in [6, 6.07) is 4.02. The number of nitrogens with two attached hydrogens (primary N) is 1. The fourth-order valence-corrected chi connectivity index (χ4v) is 4.50. The van der Waals surface area contributed by atoms with E-state index in [1.807, 2.05) is 19.2 Å². The number of primary amides is 1. The third-order valence-corrected chi connectivity index (χ3v) is 6.57. The molecule has 0 bridgehead atoms. The number of thiazole rings is 1. The van der Waals surface area contributed by atoms with Crippen molar-refractivity contribution in [3.63, 3.8) is 0 Å². The molecule has 3 heterocycles. The SMILES string of the molecule is CN=C(NCCc1nc(C)c(C)s1)NCc1cccnc1N1CCC(C(N)=O)CC1.I. The summed E-state index contributed by atoms with van der Waals surface area (Å²) in [5, 5.41) is 7.87. The van der Waals surface area contributed by atoms with Gasteiger partial charge in [-0.2, -0.15) is 0 Å². The number of carbonyl (C=O) groups excluding carboxylic acids is 1. The van der Waals surface area contributed by atoms with E-state index in [1.54, 1.807) is 18.4 Å². The Morgan fingerprint density at radius 1 is 1.32 bits per heavy atom. The molecule has 8 nitrogen and oxygen atoms in total. The average Bonchev–Trinajstić information content (AvgIpc) is 3.08. The van der Waals surface area contributed by atoms with Crippen LogP contribution in [0.15, 0.2) is 23.3 Å². The summed E-state index contributed by atoms with van der Waals surface area (Å²) in [5.41, 5.74) is 7.67. The second kappa shape index (κ2) is 12.2. The van der Waals surface area contributed by atoms with Crippen molar-refractivity contribution < 1.29 is 4.79 Å². The van der Waals surface area contributed by atoms with Gasteiger partial charge in [0.1, 0.15) is 5.82 Å². The van der Waals surface area contributed by atoms with Gasteiger partial charge in [0.25, 0.3) is 0 Å². The molecule has 3 rings (SSSR count). The zero-order chi connectivity index (χ0) is 21.5. The summed E-state index contributed by atoms with van der Waals surface area (Å²) >= 11 is 1.75. The van der Waals surface area contributed by atoms with Crippen LogP contribution in [0.3, 0.4) is 0 Å². The van der Waals surface area contributed by atoms with Gasteiger partial charge in [-0.3, -0.25) is 9.79 Å². The molecule has 0 unspecified atom stereocenters. The fraction of sp³-hybridized carbons (Fsp3) is 0.524. The van der Waals surface area contributed by atoms with E-state index < -0.39 is 0 Å². The maximum atomic E-state index is 11.4. The van der Waals surface area contributed by atoms with E-state index in [4.69, 9.17) is 5.73 Å². The number of nitrogens with zero attached hydrogens (tertiary/aromatic N) is 4. The summed E-state index contributed by atoms with van der Waals surface area (Å²) in [5.74, 6) is 1.48.